The van der Waals surface area contributed by atoms with E-state index in [-0.39, 0.29) is 12.5 Å². The van der Waals surface area contributed by atoms with Gasteiger partial charge in [-0.05, 0) is 52.0 Å². The van der Waals surface area contributed by atoms with Gasteiger partial charge in [-0.3, -0.25) is 4.79 Å². The van der Waals surface area contributed by atoms with Crippen molar-refractivity contribution in [3.63, 3.8) is 0 Å². The van der Waals surface area contributed by atoms with Gasteiger partial charge in [0.1, 0.15) is 0 Å². The summed E-state index contributed by atoms with van der Waals surface area (Å²) >= 11 is 0. The first-order valence-electron chi connectivity index (χ1n) is 7.00. The van der Waals surface area contributed by atoms with Gasteiger partial charge < -0.3 is 20.2 Å². The van der Waals surface area contributed by atoms with Gasteiger partial charge in [0.05, 0.1) is 6.61 Å². The molecule has 0 unspecified atom stereocenters. The molecule has 2 heterocycles. The average Bonchev–Trinajstić information content (AvgIpc) is 2.32. The molecular formula is C13H25N3O2. The number of hydrogen-bond donors (Lipinski definition) is 2. The first kappa shape index (κ1) is 13.8. The van der Waals surface area contributed by atoms with E-state index in [0.717, 1.165) is 39.0 Å². The second-order valence-electron chi connectivity index (χ2n) is 5.57. The fourth-order valence-corrected chi connectivity index (χ4v) is 2.78. The minimum absolute atomic E-state index is 0.0704. The molecule has 2 saturated heterocycles. The van der Waals surface area contributed by atoms with E-state index in [2.05, 4.69) is 17.3 Å². The number of aliphatic hydroxyl groups is 1. The number of rotatable bonds is 5. The number of aliphatic hydroxyl groups excluding tert-OH is 1. The largest absolute Gasteiger partial charge is 0.395 e. The van der Waals surface area contributed by atoms with Gasteiger partial charge in [-0.15, -0.1) is 0 Å². The Balaban J connectivity index is 1.87. The summed E-state index contributed by atoms with van der Waals surface area (Å²) in [6.45, 7) is 4.59. The van der Waals surface area contributed by atoms with Crippen molar-refractivity contribution >= 4 is 5.91 Å². The lowest BCUT2D eigenvalue weighted by atomic mass is 9.97. The van der Waals surface area contributed by atoms with Crippen LogP contribution in [0.2, 0.25) is 0 Å². The highest BCUT2D eigenvalue weighted by molar-refractivity contribution is 5.77. The fraction of sp³-hybridized carbons (Fsp3) is 0.923. The van der Waals surface area contributed by atoms with Crippen LogP contribution in [0.1, 0.15) is 19.3 Å². The predicted molar refractivity (Wildman–Crippen MR) is 70.3 cm³/mol. The number of nitrogens with one attached hydrogen (secondary N) is 1. The maximum absolute atomic E-state index is 12.3. The Morgan fingerprint density at radius 2 is 2.06 bits per heavy atom. The van der Waals surface area contributed by atoms with Crippen molar-refractivity contribution in [2.24, 2.45) is 5.92 Å². The first-order chi connectivity index (χ1) is 8.70. The standard InChI is InChI=1S/C13H25N3O2/c1-15-4-2-12(3-5-15)16(6-7-17)13(18)8-11-9-14-10-11/h11-12,14,17H,2-10H2,1H3. The fourth-order valence-electron chi connectivity index (χ4n) is 2.78. The van der Waals surface area contributed by atoms with E-state index >= 15 is 0 Å². The van der Waals surface area contributed by atoms with E-state index in [9.17, 15) is 4.79 Å². The zero-order chi connectivity index (χ0) is 13.0. The lowest BCUT2D eigenvalue weighted by Gasteiger charge is -2.38. The van der Waals surface area contributed by atoms with Crippen LogP contribution in [0.4, 0.5) is 0 Å². The molecule has 2 aliphatic rings. The molecule has 2 rings (SSSR count). The first-order valence-corrected chi connectivity index (χ1v) is 7.00. The maximum atomic E-state index is 12.3. The molecule has 0 bridgehead atoms. The van der Waals surface area contributed by atoms with Crippen molar-refractivity contribution in [2.75, 3.05) is 46.4 Å². The molecule has 2 fully saturated rings. The van der Waals surface area contributed by atoms with E-state index in [0.29, 0.717) is 24.9 Å². The van der Waals surface area contributed by atoms with Crippen LogP contribution in [0.5, 0.6) is 0 Å². The summed E-state index contributed by atoms with van der Waals surface area (Å²) in [6, 6.07) is 0.328. The Kier molecular flexibility index (Phi) is 4.97. The molecule has 1 amide bonds. The molecule has 0 radical (unpaired) electrons. The van der Waals surface area contributed by atoms with Crippen molar-refractivity contribution < 1.29 is 9.90 Å². The third kappa shape index (κ3) is 3.43. The Morgan fingerprint density at radius 3 is 2.56 bits per heavy atom. The second kappa shape index (κ2) is 6.50. The number of amides is 1. The minimum Gasteiger partial charge on any atom is -0.395 e. The van der Waals surface area contributed by atoms with Gasteiger partial charge in [0.15, 0.2) is 0 Å². The molecule has 0 spiro atoms. The number of hydrogen-bond acceptors (Lipinski definition) is 4. The van der Waals surface area contributed by atoms with Gasteiger partial charge in [-0.25, -0.2) is 0 Å². The van der Waals surface area contributed by atoms with Gasteiger partial charge in [-0.1, -0.05) is 0 Å². The van der Waals surface area contributed by atoms with Crippen LogP contribution in [0.15, 0.2) is 0 Å². The minimum atomic E-state index is 0.0704. The van der Waals surface area contributed by atoms with E-state index in [1.165, 1.54) is 0 Å². The van der Waals surface area contributed by atoms with Gasteiger partial charge in [0, 0.05) is 19.0 Å². The molecule has 5 heteroatoms. The zero-order valence-electron chi connectivity index (χ0n) is 11.3. The van der Waals surface area contributed by atoms with Gasteiger partial charge in [-0.2, -0.15) is 0 Å². The summed E-state index contributed by atoms with van der Waals surface area (Å²) in [4.78, 5) is 16.5. The van der Waals surface area contributed by atoms with Crippen LogP contribution in [0, 0.1) is 5.92 Å². The summed E-state index contributed by atoms with van der Waals surface area (Å²) < 4.78 is 0. The average molecular weight is 255 g/mol. The monoisotopic (exact) mass is 255 g/mol. The topological polar surface area (TPSA) is 55.8 Å². The zero-order valence-corrected chi connectivity index (χ0v) is 11.3. The van der Waals surface area contributed by atoms with Crippen molar-refractivity contribution in [1.82, 2.24) is 15.1 Å². The van der Waals surface area contributed by atoms with Crippen LogP contribution in [0.25, 0.3) is 0 Å². The Bertz CT molecular complexity index is 273. The lowest BCUT2D eigenvalue weighted by molar-refractivity contribution is -0.136. The number of nitrogens with zero attached hydrogens (tertiary/aromatic N) is 2. The molecule has 0 aromatic rings. The SMILES string of the molecule is CN1CCC(N(CCO)C(=O)CC2CNC2)CC1. The molecule has 2 aliphatic heterocycles. The normalized spacial score (nSPS) is 22.8. The van der Waals surface area contributed by atoms with Gasteiger partial charge in [0.2, 0.25) is 5.91 Å². The van der Waals surface area contributed by atoms with Gasteiger partial charge >= 0.3 is 0 Å². The molecule has 0 aliphatic carbocycles. The van der Waals surface area contributed by atoms with Crippen molar-refractivity contribution in [3.8, 4) is 0 Å². The second-order valence-corrected chi connectivity index (χ2v) is 5.57. The Morgan fingerprint density at radius 1 is 1.39 bits per heavy atom. The Hall–Kier alpha value is -0.650. The molecule has 18 heavy (non-hydrogen) atoms. The molecule has 5 nitrogen and oxygen atoms in total. The quantitative estimate of drug-likeness (QED) is 0.696. The van der Waals surface area contributed by atoms with Crippen molar-refractivity contribution in [1.29, 1.82) is 0 Å². The molecule has 0 aromatic carbocycles. The smallest absolute Gasteiger partial charge is 0.223 e. The third-order valence-electron chi connectivity index (χ3n) is 4.12. The summed E-state index contributed by atoms with van der Waals surface area (Å²) in [7, 11) is 2.12. The highest BCUT2D eigenvalue weighted by Crippen LogP contribution is 2.18. The highest BCUT2D eigenvalue weighted by atomic mass is 16.3. The number of piperidine rings is 1. The molecule has 0 aromatic heterocycles. The summed E-state index contributed by atoms with van der Waals surface area (Å²) in [5.74, 6) is 0.732. The molecule has 0 saturated carbocycles. The van der Waals surface area contributed by atoms with E-state index in [1.807, 2.05) is 4.90 Å². The molecule has 2 N–H and O–H groups in total. The number of carbonyl (C=O) groups excluding carboxylic acids is 1. The van der Waals surface area contributed by atoms with Crippen LogP contribution in [0.3, 0.4) is 0 Å². The predicted octanol–water partition coefficient (Wildman–Crippen LogP) is -0.489. The Labute approximate surface area is 109 Å². The van der Waals surface area contributed by atoms with Crippen molar-refractivity contribution in [3.05, 3.63) is 0 Å². The molecule has 104 valence electrons. The molecular weight excluding hydrogens is 230 g/mol. The lowest BCUT2D eigenvalue weighted by Crippen LogP contribution is -2.50. The van der Waals surface area contributed by atoms with Crippen LogP contribution in [-0.2, 0) is 4.79 Å². The summed E-state index contributed by atoms with van der Waals surface area (Å²) in [6.07, 6.45) is 2.70. The van der Waals surface area contributed by atoms with Crippen LogP contribution >= 0.6 is 0 Å². The number of carbonyl (C=O) groups is 1. The molecule has 0 atom stereocenters. The summed E-state index contributed by atoms with van der Waals surface area (Å²) in [5, 5.41) is 12.4. The van der Waals surface area contributed by atoms with Crippen molar-refractivity contribution in [2.45, 2.75) is 25.3 Å². The van der Waals surface area contributed by atoms with Gasteiger partial charge in [0.25, 0.3) is 0 Å². The maximum Gasteiger partial charge on any atom is 0.223 e. The van der Waals surface area contributed by atoms with E-state index in [4.69, 9.17) is 5.11 Å². The van der Waals surface area contributed by atoms with Crippen LogP contribution in [-0.4, -0.2) is 73.2 Å². The van der Waals surface area contributed by atoms with E-state index < -0.39 is 0 Å². The third-order valence-corrected chi connectivity index (χ3v) is 4.12. The number of likely N-dealkylation sites (tertiary alicyclic amines) is 1. The van der Waals surface area contributed by atoms with Crippen LogP contribution < -0.4 is 5.32 Å². The summed E-state index contributed by atoms with van der Waals surface area (Å²) in [5.41, 5.74) is 0. The highest BCUT2D eigenvalue weighted by Gasteiger charge is 2.29. The van der Waals surface area contributed by atoms with E-state index in [1.54, 1.807) is 0 Å².